The van der Waals surface area contributed by atoms with Gasteiger partial charge < -0.3 is 14.4 Å². The third kappa shape index (κ3) is 3.96. The van der Waals surface area contributed by atoms with Crippen molar-refractivity contribution in [1.29, 1.82) is 0 Å². The van der Waals surface area contributed by atoms with Gasteiger partial charge in [-0.3, -0.25) is 0 Å². The Balaban J connectivity index is 1.65. The van der Waals surface area contributed by atoms with E-state index in [-0.39, 0.29) is 18.0 Å². The second-order valence-corrected chi connectivity index (χ2v) is 7.06. The third-order valence-corrected chi connectivity index (χ3v) is 4.98. The number of carbonyl (C=O) groups is 1. The van der Waals surface area contributed by atoms with Crippen LogP contribution in [0.1, 0.15) is 21.5 Å². The van der Waals surface area contributed by atoms with Crippen molar-refractivity contribution < 1.29 is 19.0 Å². The van der Waals surface area contributed by atoms with E-state index >= 15 is 0 Å². The summed E-state index contributed by atoms with van der Waals surface area (Å²) in [4.78, 5) is 11.5. The van der Waals surface area contributed by atoms with Crippen molar-refractivity contribution in [3.8, 4) is 5.75 Å². The van der Waals surface area contributed by atoms with Gasteiger partial charge in [0.25, 0.3) is 0 Å². The molecule has 29 heavy (non-hydrogen) atoms. The number of carboxylic acids is 1. The molecule has 0 aliphatic heterocycles. The number of aromatic carboxylic acids is 1. The molecule has 0 atom stereocenters. The van der Waals surface area contributed by atoms with Crippen molar-refractivity contribution in [3.63, 3.8) is 0 Å². The van der Waals surface area contributed by atoms with Gasteiger partial charge in [0.1, 0.15) is 18.2 Å². The van der Waals surface area contributed by atoms with Crippen molar-refractivity contribution in [2.24, 2.45) is 0 Å². The normalized spacial score (nSPS) is 11.0. The molecule has 0 amide bonds. The number of hydrogen-bond donors (Lipinski definition) is 1. The Labute approximate surface area is 171 Å². The first-order valence-corrected chi connectivity index (χ1v) is 9.36. The van der Waals surface area contributed by atoms with Crippen LogP contribution in [0.25, 0.3) is 10.9 Å². The monoisotopic (exact) mass is 409 g/mol. The maximum absolute atomic E-state index is 13.9. The van der Waals surface area contributed by atoms with E-state index in [9.17, 15) is 14.3 Å². The van der Waals surface area contributed by atoms with E-state index in [4.69, 9.17) is 16.3 Å². The molecule has 0 saturated carbocycles. The molecule has 0 aliphatic rings. The van der Waals surface area contributed by atoms with Crippen LogP contribution in [0.3, 0.4) is 0 Å². The van der Waals surface area contributed by atoms with Crippen LogP contribution in [0, 0.1) is 5.82 Å². The molecule has 0 unspecified atom stereocenters. The van der Waals surface area contributed by atoms with Crippen LogP contribution >= 0.6 is 11.6 Å². The number of ether oxygens (including phenoxy) is 1. The van der Waals surface area contributed by atoms with Crippen molar-refractivity contribution in [2.75, 3.05) is 0 Å². The molecule has 1 aromatic heterocycles. The Morgan fingerprint density at radius 2 is 1.86 bits per heavy atom. The summed E-state index contributed by atoms with van der Waals surface area (Å²) in [6.45, 7) is 0.524. The van der Waals surface area contributed by atoms with E-state index in [1.165, 1.54) is 6.07 Å². The summed E-state index contributed by atoms with van der Waals surface area (Å²) in [6, 6.07) is 18.7. The molecule has 0 aliphatic carbocycles. The maximum Gasteiger partial charge on any atom is 0.336 e. The summed E-state index contributed by atoms with van der Waals surface area (Å²) in [7, 11) is 0. The third-order valence-electron chi connectivity index (χ3n) is 4.75. The number of rotatable bonds is 6. The standard InChI is InChI=1S/C23H17ClFNO3/c24-17-8-9-22(29-14-15-4-1-2-6-20(15)25)16(12-17)13-26-11-10-18-19(23(27)28)5-3-7-21(18)26/h1-12H,13-14H2,(H,27,28). The summed E-state index contributed by atoms with van der Waals surface area (Å²) in [5.74, 6) is -0.695. The number of benzene rings is 3. The molecule has 4 aromatic rings. The summed E-state index contributed by atoms with van der Waals surface area (Å²) in [5, 5.41) is 10.6. The van der Waals surface area contributed by atoms with E-state index in [1.54, 1.807) is 54.6 Å². The number of nitrogens with zero attached hydrogens (tertiary/aromatic N) is 1. The van der Waals surface area contributed by atoms with Gasteiger partial charge in [-0.05, 0) is 42.5 Å². The zero-order chi connectivity index (χ0) is 20.4. The lowest BCUT2D eigenvalue weighted by molar-refractivity contribution is 0.0699. The fourth-order valence-corrected chi connectivity index (χ4v) is 3.51. The lowest BCUT2D eigenvalue weighted by atomic mass is 10.1. The molecule has 0 spiro atoms. The topological polar surface area (TPSA) is 51.5 Å². The fourth-order valence-electron chi connectivity index (χ4n) is 3.31. The molecule has 4 rings (SSSR count). The van der Waals surface area contributed by atoms with Gasteiger partial charge in [0.15, 0.2) is 0 Å². The molecule has 1 N–H and O–H groups in total. The first kappa shape index (κ1) is 19.0. The smallest absolute Gasteiger partial charge is 0.336 e. The Bertz CT molecular complexity index is 1200. The highest BCUT2D eigenvalue weighted by molar-refractivity contribution is 6.30. The fraction of sp³-hybridized carbons (Fsp3) is 0.0870. The molecule has 0 bridgehead atoms. The van der Waals surface area contributed by atoms with Crippen LogP contribution in [0.2, 0.25) is 5.02 Å². The molecule has 0 fully saturated rings. The summed E-state index contributed by atoms with van der Waals surface area (Å²) >= 11 is 6.18. The van der Waals surface area contributed by atoms with E-state index in [0.717, 1.165) is 11.1 Å². The Morgan fingerprint density at radius 3 is 2.66 bits per heavy atom. The number of carboxylic acid groups (broad SMARTS) is 1. The molecule has 146 valence electrons. The minimum Gasteiger partial charge on any atom is -0.488 e. The molecule has 1 heterocycles. The van der Waals surface area contributed by atoms with E-state index in [2.05, 4.69) is 0 Å². The lowest BCUT2D eigenvalue weighted by Crippen LogP contribution is -2.04. The molecular weight excluding hydrogens is 393 g/mol. The molecule has 0 radical (unpaired) electrons. The Hall–Kier alpha value is -3.31. The quantitative estimate of drug-likeness (QED) is 0.440. The molecule has 0 saturated heterocycles. The van der Waals surface area contributed by atoms with Crippen molar-refractivity contribution >= 4 is 28.5 Å². The van der Waals surface area contributed by atoms with Crippen molar-refractivity contribution in [2.45, 2.75) is 13.2 Å². The van der Waals surface area contributed by atoms with Gasteiger partial charge in [-0.25, -0.2) is 9.18 Å². The highest BCUT2D eigenvalue weighted by Gasteiger charge is 2.13. The Morgan fingerprint density at radius 1 is 1.03 bits per heavy atom. The molecule has 4 nitrogen and oxygen atoms in total. The first-order chi connectivity index (χ1) is 14.0. The molecule has 6 heteroatoms. The summed E-state index contributed by atoms with van der Waals surface area (Å²) in [5.41, 5.74) is 2.33. The van der Waals surface area contributed by atoms with Crippen molar-refractivity contribution in [1.82, 2.24) is 4.57 Å². The number of fused-ring (bicyclic) bond motifs is 1. The zero-order valence-electron chi connectivity index (χ0n) is 15.3. The second-order valence-electron chi connectivity index (χ2n) is 6.62. The predicted molar refractivity (Wildman–Crippen MR) is 110 cm³/mol. The van der Waals surface area contributed by atoms with Crippen molar-refractivity contribution in [3.05, 3.63) is 100 Å². The summed E-state index contributed by atoms with van der Waals surface area (Å²) < 4.78 is 21.7. The van der Waals surface area contributed by atoms with Crippen LogP contribution < -0.4 is 4.74 Å². The lowest BCUT2D eigenvalue weighted by Gasteiger charge is -2.14. The van der Waals surface area contributed by atoms with Gasteiger partial charge in [-0.1, -0.05) is 35.9 Å². The second kappa shape index (κ2) is 7.97. The predicted octanol–water partition coefficient (Wildman–Crippen LogP) is 5.76. The van der Waals surface area contributed by atoms with Gasteiger partial charge in [-0.2, -0.15) is 0 Å². The van der Waals surface area contributed by atoms with Gasteiger partial charge >= 0.3 is 5.97 Å². The number of aromatic nitrogens is 1. The van der Waals surface area contributed by atoms with Crippen LogP contribution in [0.5, 0.6) is 5.75 Å². The van der Waals surface area contributed by atoms with Crippen LogP contribution in [-0.4, -0.2) is 15.6 Å². The Kier molecular flexibility index (Phi) is 5.23. The van der Waals surface area contributed by atoms with Crippen LogP contribution in [-0.2, 0) is 13.2 Å². The molecular formula is C23H17ClFNO3. The van der Waals surface area contributed by atoms with E-state index in [0.29, 0.717) is 28.3 Å². The van der Waals surface area contributed by atoms with E-state index in [1.807, 2.05) is 16.8 Å². The first-order valence-electron chi connectivity index (χ1n) is 8.99. The highest BCUT2D eigenvalue weighted by atomic mass is 35.5. The van der Waals surface area contributed by atoms with Gasteiger partial charge in [0.05, 0.1) is 12.1 Å². The summed E-state index contributed by atoms with van der Waals surface area (Å²) in [6.07, 6.45) is 1.83. The average molecular weight is 410 g/mol. The molecule has 3 aromatic carbocycles. The maximum atomic E-state index is 13.9. The van der Waals surface area contributed by atoms with E-state index < -0.39 is 5.97 Å². The minimum atomic E-state index is -0.968. The van der Waals surface area contributed by atoms with Crippen LogP contribution in [0.4, 0.5) is 4.39 Å². The largest absolute Gasteiger partial charge is 0.488 e. The highest BCUT2D eigenvalue weighted by Crippen LogP contribution is 2.28. The average Bonchev–Trinajstić information content (AvgIpc) is 3.11. The number of halogens is 2. The minimum absolute atomic E-state index is 0.0941. The zero-order valence-corrected chi connectivity index (χ0v) is 16.1. The van der Waals surface area contributed by atoms with Gasteiger partial charge in [-0.15, -0.1) is 0 Å². The van der Waals surface area contributed by atoms with Crippen LogP contribution in [0.15, 0.2) is 72.9 Å². The van der Waals surface area contributed by atoms with Gasteiger partial charge in [0, 0.05) is 33.2 Å². The SMILES string of the molecule is O=C(O)c1cccc2c1ccn2Cc1cc(Cl)ccc1OCc1ccccc1F. The van der Waals surface area contributed by atoms with Gasteiger partial charge in [0.2, 0.25) is 0 Å². The number of hydrogen-bond acceptors (Lipinski definition) is 2.